The highest BCUT2D eigenvalue weighted by Crippen LogP contribution is 2.31. The van der Waals surface area contributed by atoms with E-state index in [1.54, 1.807) is 24.6 Å². The van der Waals surface area contributed by atoms with Crippen molar-refractivity contribution in [2.75, 3.05) is 31.6 Å². The van der Waals surface area contributed by atoms with Crippen molar-refractivity contribution < 1.29 is 13.2 Å². The lowest BCUT2D eigenvalue weighted by molar-refractivity contribution is 0.414. The van der Waals surface area contributed by atoms with E-state index >= 15 is 0 Å². The summed E-state index contributed by atoms with van der Waals surface area (Å²) in [6.45, 7) is 2.20. The maximum atomic E-state index is 12.2. The summed E-state index contributed by atoms with van der Waals surface area (Å²) in [5.74, 6) is 1.15. The van der Waals surface area contributed by atoms with Crippen LogP contribution in [0.15, 0.2) is 46.0 Å². The van der Waals surface area contributed by atoms with Crippen molar-refractivity contribution in [1.29, 1.82) is 0 Å². The van der Waals surface area contributed by atoms with E-state index in [-0.39, 0.29) is 0 Å². The van der Waals surface area contributed by atoms with E-state index < -0.39 is 10.0 Å². The van der Waals surface area contributed by atoms with Crippen molar-refractivity contribution in [2.24, 2.45) is 5.92 Å². The first-order chi connectivity index (χ1) is 11.1. The molecular formula is C16H20N2O3S2. The number of methoxy groups -OCH3 is 1. The van der Waals surface area contributed by atoms with E-state index in [0.717, 1.165) is 30.9 Å². The minimum absolute atomic E-state index is 0.301. The fourth-order valence-electron chi connectivity index (χ4n) is 2.82. The van der Waals surface area contributed by atoms with E-state index in [0.29, 0.717) is 16.7 Å². The number of sulfonamides is 1. The number of hydrogen-bond acceptors (Lipinski definition) is 5. The Bertz CT molecular complexity index is 744. The summed E-state index contributed by atoms with van der Waals surface area (Å²) >= 11 is 1.24. The van der Waals surface area contributed by atoms with Gasteiger partial charge >= 0.3 is 0 Å². The Hall–Kier alpha value is -1.57. The number of benzene rings is 1. The van der Waals surface area contributed by atoms with Crippen LogP contribution in [0.3, 0.4) is 0 Å². The van der Waals surface area contributed by atoms with Crippen molar-refractivity contribution >= 4 is 27.0 Å². The molecule has 0 radical (unpaired) electrons. The fourth-order valence-corrected chi connectivity index (χ4v) is 4.98. The van der Waals surface area contributed by atoms with E-state index in [1.807, 2.05) is 24.3 Å². The molecule has 5 nitrogen and oxygen atoms in total. The highest BCUT2D eigenvalue weighted by molar-refractivity contribution is 7.91. The molecule has 2 aromatic rings. The van der Waals surface area contributed by atoms with Crippen LogP contribution in [0.4, 0.5) is 5.69 Å². The van der Waals surface area contributed by atoms with Gasteiger partial charge in [-0.05, 0) is 35.9 Å². The lowest BCUT2D eigenvalue weighted by Gasteiger charge is -2.21. The Kier molecular flexibility index (Phi) is 4.89. The molecule has 1 atom stereocenters. The summed E-state index contributed by atoms with van der Waals surface area (Å²) in [4.78, 5) is 2.25. The number of para-hydroxylation sites is 2. The van der Waals surface area contributed by atoms with Gasteiger partial charge in [0.25, 0.3) is 0 Å². The SMILES string of the molecule is COc1ccccc1N1CCC(CNS(=O)(=O)c2cccs2)C1. The molecule has 7 heteroatoms. The van der Waals surface area contributed by atoms with Gasteiger partial charge < -0.3 is 9.64 Å². The average Bonchev–Trinajstić information content (AvgIpc) is 3.25. The van der Waals surface area contributed by atoms with E-state index in [9.17, 15) is 8.42 Å². The summed E-state index contributed by atoms with van der Waals surface area (Å²) in [6, 6.07) is 11.3. The van der Waals surface area contributed by atoms with Gasteiger partial charge in [-0.1, -0.05) is 18.2 Å². The van der Waals surface area contributed by atoms with Gasteiger partial charge in [-0.2, -0.15) is 0 Å². The van der Waals surface area contributed by atoms with Gasteiger partial charge in [0.1, 0.15) is 9.96 Å². The van der Waals surface area contributed by atoms with Crippen LogP contribution in [0.2, 0.25) is 0 Å². The fraction of sp³-hybridized carbons (Fsp3) is 0.375. The average molecular weight is 352 g/mol. The molecule has 0 amide bonds. The Balaban J connectivity index is 1.60. The molecule has 1 aromatic heterocycles. The molecule has 23 heavy (non-hydrogen) atoms. The lowest BCUT2D eigenvalue weighted by atomic mass is 10.1. The van der Waals surface area contributed by atoms with E-state index in [1.165, 1.54) is 11.3 Å². The normalized spacial score (nSPS) is 18.3. The second kappa shape index (κ2) is 6.90. The molecule has 0 aliphatic carbocycles. The second-order valence-corrected chi connectivity index (χ2v) is 8.50. The number of rotatable bonds is 6. The first-order valence-corrected chi connectivity index (χ1v) is 9.87. The smallest absolute Gasteiger partial charge is 0.250 e. The molecule has 0 saturated carbocycles. The molecule has 1 saturated heterocycles. The molecule has 1 aromatic carbocycles. The molecule has 1 aliphatic heterocycles. The Morgan fingerprint density at radius 3 is 2.87 bits per heavy atom. The maximum absolute atomic E-state index is 12.2. The van der Waals surface area contributed by atoms with Gasteiger partial charge in [0.2, 0.25) is 10.0 Å². The van der Waals surface area contributed by atoms with Crippen LogP contribution < -0.4 is 14.4 Å². The predicted molar refractivity (Wildman–Crippen MR) is 92.8 cm³/mol. The molecule has 3 rings (SSSR count). The first-order valence-electron chi connectivity index (χ1n) is 7.51. The van der Waals surface area contributed by atoms with Crippen molar-refractivity contribution in [3.05, 3.63) is 41.8 Å². The molecule has 0 spiro atoms. The summed E-state index contributed by atoms with van der Waals surface area (Å²) in [7, 11) is -1.71. The van der Waals surface area contributed by atoms with Crippen LogP contribution in [0, 0.1) is 5.92 Å². The molecule has 2 heterocycles. The molecule has 1 fully saturated rings. The minimum atomic E-state index is -3.37. The zero-order valence-corrected chi connectivity index (χ0v) is 14.6. The third-order valence-electron chi connectivity index (χ3n) is 4.03. The van der Waals surface area contributed by atoms with Crippen LogP contribution in [0.25, 0.3) is 0 Å². The molecule has 1 unspecified atom stereocenters. The summed E-state index contributed by atoms with van der Waals surface area (Å²) in [5.41, 5.74) is 1.07. The topological polar surface area (TPSA) is 58.6 Å². The van der Waals surface area contributed by atoms with Gasteiger partial charge in [-0.15, -0.1) is 11.3 Å². The summed E-state index contributed by atoms with van der Waals surface area (Å²) in [6.07, 6.45) is 0.963. The number of thiophene rings is 1. The van der Waals surface area contributed by atoms with Gasteiger partial charge in [0, 0.05) is 19.6 Å². The second-order valence-electron chi connectivity index (χ2n) is 5.56. The summed E-state index contributed by atoms with van der Waals surface area (Å²) in [5, 5.41) is 1.77. The number of anilines is 1. The highest BCUT2D eigenvalue weighted by atomic mass is 32.2. The number of nitrogens with zero attached hydrogens (tertiary/aromatic N) is 1. The largest absolute Gasteiger partial charge is 0.495 e. The van der Waals surface area contributed by atoms with Gasteiger partial charge in [0.05, 0.1) is 12.8 Å². The standard InChI is InChI=1S/C16H20N2O3S2/c1-21-15-6-3-2-5-14(15)18-9-8-13(12-18)11-17-23(19,20)16-7-4-10-22-16/h2-7,10,13,17H,8-9,11-12H2,1H3. The third kappa shape index (κ3) is 3.68. The van der Waals surface area contributed by atoms with Gasteiger partial charge in [-0.3, -0.25) is 0 Å². The molecular weight excluding hydrogens is 332 g/mol. The van der Waals surface area contributed by atoms with E-state index in [4.69, 9.17) is 4.74 Å². The Morgan fingerprint density at radius 1 is 1.30 bits per heavy atom. The lowest BCUT2D eigenvalue weighted by Crippen LogP contribution is -2.30. The van der Waals surface area contributed by atoms with Crippen LogP contribution in [-0.2, 0) is 10.0 Å². The van der Waals surface area contributed by atoms with E-state index in [2.05, 4.69) is 9.62 Å². The Labute approximate surface area is 140 Å². The number of hydrogen-bond donors (Lipinski definition) is 1. The highest BCUT2D eigenvalue weighted by Gasteiger charge is 2.26. The Morgan fingerprint density at radius 2 is 2.13 bits per heavy atom. The van der Waals surface area contributed by atoms with Crippen LogP contribution in [0.1, 0.15) is 6.42 Å². The van der Waals surface area contributed by atoms with Crippen molar-refractivity contribution in [2.45, 2.75) is 10.6 Å². The van der Waals surface area contributed by atoms with Crippen molar-refractivity contribution in [3.8, 4) is 5.75 Å². The first kappa shape index (κ1) is 16.3. The minimum Gasteiger partial charge on any atom is -0.495 e. The molecule has 1 N–H and O–H groups in total. The monoisotopic (exact) mass is 352 g/mol. The van der Waals surface area contributed by atoms with Crippen molar-refractivity contribution in [1.82, 2.24) is 4.72 Å². The molecule has 0 bridgehead atoms. The number of ether oxygens (including phenoxy) is 1. The zero-order valence-electron chi connectivity index (χ0n) is 12.9. The quantitative estimate of drug-likeness (QED) is 0.868. The number of nitrogens with one attached hydrogen (secondary N) is 1. The summed E-state index contributed by atoms with van der Waals surface area (Å²) < 4.78 is 32.8. The van der Waals surface area contributed by atoms with Crippen LogP contribution in [-0.4, -0.2) is 35.2 Å². The van der Waals surface area contributed by atoms with Crippen LogP contribution >= 0.6 is 11.3 Å². The molecule has 1 aliphatic rings. The zero-order chi connectivity index (χ0) is 16.3. The van der Waals surface area contributed by atoms with Crippen molar-refractivity contribution in [3.63, 3.8) is 0 Å². The van der Waals surface area contributed by atoms with Gasteiger partial charge in [0.15, 0.2) is 0 Å². The predicted octanol–water partition coefficient (Wildman–Crippen LogP) is 2.56. The van der Waals surface area contributed by atoms with Gasteiger partial charge in [-0.25, -0.2) is 13.1 Å². The third-order valence-corrected chi connectivity index (χ3v) is 6.85. The maximum Gasteiger partial charge on any atom is 0.250 e. The van der Waals surface area contributed by atoms with Crippen LogP contribution in [0.5, 0.6) is 5.75 Å². The molecule has 124 valence electrons.